The Kier molecular flexibility index (Phi) is 8.83. The second-order valence-corrected chi connectivity index (χ2v) is 9.02. The molecule has 0 aliphatic heterocycles. The molecule has 0 aliphatic carbocycles. The van der Waals surface area contributed by atoms with Gasteiger partial charge in [0, 0.05) is 0 Å². The lowest BCUT2D eigenvalue weighted by Gasteiger charge is -2.18. The van der Waals surface area contributed by atoms with Gasteiger partial charge in [0.05, 0.1) is 19.4 Å². The zero-order valence-corrected chi connectivity index (χ0v) is 20.7. The summed E-state index contributed by atoms with van der Waals surface area (Å²) in [5.41, 5.74) is 1.02. The lowest BCUT2D eigenvalue weighted by Crippen LogP contribution is -2.25. The van der Waals surface area contributed by atoms with E-state index in [1.165, 1.54) is 13.4 Å². The van der Waals surface area contributed by atoms with Crippen molar-refractivity contribution >= 4 is 18.1 Å². The number of hydrogen-bond acceptors (Lipinski definition) is 9. The number of methoxy groups -OCH3 is 1. The van der Waals surface area contributed by atoms with Gasteiger partial charge in [-0.2, -0.15) is 0 Å². The van der Waals surface area contributed by atoms with E-state index in [-0.39, 0.29) is 24.6 Å². The Morgan fingerprint density at radius 1 is 0.972 bits per heavy atom. The summed E-state index contributed by atoms with van der Waals surface area (Å²) in [5, 5.41) is 0. The van der Waals surface area contributed by atoms with E-state index >= 15 is 0 Å². The summed E-state index contributed by atoms with van der Waals surface area (Å²) in [6.45, 7) is 5.34. The van der Waals surface area contributed by atoms with Gasteiger partial charge in [-0.1, -0.05) is 42.5 Å². The zero-order chi connectivity index (χ0) is 26.1. The standard InChI is InChI=1S/C27H29NO8/c1-27(2,3)36-26(31)35-21-12-10-18(11-13-21)14-20(15-23(29)32-4)24-28-22(17-33-24)25(30)34-16-19-8-6-5-7-9-19/h5-13,17,20H,14-16H2,1-4H3. The zero-order valence-electron chi connectivity index (χ0n) is 20.7. The highest BCUT2D eigenvalue weighted by Crippen LogP contribution is 2.26. The van der Waals surface area contributed by atoms with Crippen LogP contribution >= 0.6 is 0 Å². The molecule has 0 bridgehead atoms. The van der Waals surface area contributed by atoms with Crippen molar-refractivity contribution in [2.24, 2.45) is 0 Å². The number of oxazole rings is 1. The molecule has 0 aliphatic rings. The minimum absolute atomic E-state index is 0.00826. The number of carbonyl (C=O) groups excluding carboxylic acids is 3. The van der Waals surface area contributed by atoms with Crippen molar-refractivity contribution in [3.63, 3.8) is 0 Å². The minimum Gasteiger partial charge on any atom is -0.469 e. The van der Waals surface area contributed by atoms with E-state index in [0.29, 0.717) is 12.2 Å². The number of carbonyl (C=O) groups is 3. The van der Waals surface area contributed by atoms with Crippen molar-refractivity contribution in [2.45, 2.75) is 51.7 Å². The number of esters is 2. The van der Waals surface area contributed by atoms with Gasteiger partial charge in [-0.25, -0.2) is 14.6 Å². The van der Waals surface area contributed by atoms with E-state index in [9.17, 15) is 14.4 Å². The molecule has 3 aromatic rings. The van der Waals surface area contributed by atoms with Gasteiger partial charge in [-0.3, -0.25) is 4.79 Å². The van der Waals surface area contributed by atoms with Gasteiger partial charge in [0.25, 0.3) is 0 Å². The molecule has 0 saturated carbocycles. The van der Waals surface area contributed by atoms with E-state index in [0.717, 1.165) is 11.1 Å². The van der Waals surface area contributed by atoms with Crippen molar-refractivity contribution in [2.75, 3.05) is 7.11 Å². The number of rotatable bonds is 9. The molecule has 0 saturated heterocycles. The first-order valence-electron chi connectivity index (χ1n) is 11.4. The summed E-state index contributed by atoms with van der Waals surface area (Å²) in [6, 6.07) is 16.0. The third-order valence-corrected chi connectivity index (χ3v) is 4.93. The van der Waals surface area contributed by atoms with Crippen LogP contribution in [0, 0.1) is 0 Å². The third-order valence-electron chi connectivity index (χ3n) is 4.93. The van der Waals surface area contributed by atoms with Gasteiger partial charge in [0.1, 0.15) is 24.2 Å². The maximum Gasteiger partial charge on any atom is 0.514 e. The van der Waals surface area contributed by atoms with Crippen LogP contribution in [0.4, 0.5) is 4.79 Å². The molecule has 1 heterocycles. The van der Waals surface area contributed by atoms with Crippen molar-refractivity contribution in [1.82, 2.24) is 4.98 Å². The predicted molar refractivity (Wildman–Crippen MR) is 128 cm³/mol. The number of aromatic nitrogens is 1. The molecule has 0 N–H and O–H groups in total. The van der Waals surface area contributed by atoms with Gasteiger partial charge >= 0.3 is 18.1 Å². The Morgan fingerprint density at radius 3 is 2.31 bits per heavy atom. The highest BCUT2D eigenvalue weighted by Gasteiger charge is 2.25. The van der Waals surface area contributed by atoms with E-state index in [1.807, 2.05) is 30.3 Å². The van der Waals surface area contributed by atoms with Crippen LogP contribution in [-0.2, 0) is 32.0 Å². The smallest absolute Gasteiger partial charge is 0.469 e. The van der Waals surface area contributed by atoms with Crippen LogP contribution in [0.5, 0.6) is 5.75 Å². The second kappa shape index (κ2) is 12.0. The summed E-state index contributed by atoms with van der Waals surface area (Å²) in [5.74, 6) is -1.05. The fourth-order valence-corrected chi connectivity index (χ4v) is 3.24. The molecule has 1 unspecified atom stereocenters. The van der Waals surface area contributed by atoms with Crippen LogP contribution in [0.15, 0.2) is 65.3 Å². The minimum atomic E-state index is -0.801. The SMILES string of the molecule is COC(=O)CC(Cc1ccc(OC(=O)OC(C)(C)C)cc1)c1nc(C(=O)OCc2ccccc2)co1. The van der Waals surface area contributed by atoms with Gasteiger partial charge in [0.15, 0.2) is 11.6 Å². The molecule has 190 valence electrons. The summed E-state index contributed by atoms with van der Waals surface area (Å²) < 4.78 is 26.0. The van der Waals surface area contributed by atoms with Gasteiger partial charge in [0.2, 0.25) is 0 Å². The van der Waals surface area contributed by atoms with Crippen LogP contribution < -0.4 is 4.74 Å². The fraction of sp³-hybridized carbons (Fsp3) is 0.333. The van der Waals surface area contributed by atoms with E-state index in [2.05, 4.69) is 4.98 Å². The maximum atomic E-state index is 12.4. The molecule has 3 rings (SSSR count). The van der Waals surface area contributed by atoms with Crippen molar-refractivity contribution in [3.05, 3.63) is 83.6 Å². The highest BCUT2D eigenvalue weighted by molar-refractivity contribution is 5.86. The maximum absolute atomic E-state index is 12.4. The summed E-state index contributed by atoms with van der Waals surface area (Å²) >= 11 is 0. The number of ether oxygens (including phenoxy) is 4. The molecule has 0 spiro atoms. The Morgan fingerprint density at radius 2 is 1.67 bits per heavy atom. The molecular formula is C27H29NO8. The topological polar surface area (TPSA) is 114 Å². The molecule has 1 atom stereocenters. The van der Waals surface area contributed by atoms with Crippen molar-refractivity contribution < 1.29 is 37.7 Å². The molecular weight excluding hydrogens is 466 g/mol. The van der Waals surface area contributed by atoms with E-state index < -0.39 is 29.6 Å². The third kappa shape index (κ3) is 8.26. The molecule has 0 radical (unpaired) electrons. The lowest BCUT2D eigenvalue weighted by atomic mass is 9.96. The summed E-state index contributed by atoms with van der Waals surface area (Å²) in [6.07, 6.45) is 0.766. The molecule has 9 nitrogen and oxygen atoms in total. The molecule has 36 heavy (non-hydrogen) atoms. The first-order valence-corrected chi connectivity index (χ1v) is 11.4. The normalized spacial score (nSPS) is 11.9. The van der Waals surface area contributed by atoms with E-state index in [1.54, 1.807) is 45.0 Å². The first kappa shape index (κ1) is 26.5. The fourth-order valence-electron chi connectivity index (χ4n) is 3.24. The highest BCUT2D eigenvalue weighted by atomic mass is 16.7. The molecule has 9 heteroatoms. The summed E-state index contributed by atoms with van der Waals surface area (Å²) in [7, 11) is 1.30. The quantitative estimate of drug-likeness (QED) is 0.223. The monoisotopic (exact) mass is 495 g/mol. The van der Waals surface area contributed by atoms with Crippen LogP contribution in [0.3, 0.4) is 0 Å². The van der Waals surface area contributed by atoms with Crippen LogP contribution in [0.1, 0.15) is 60.6 Å². The van der Waals surface area contributed by atoms with Crippen LogP contribution in [-0.4, -0.2) is 35.8 Å². The molecule has 2 aromatic carbocycles. The lowest BCUT2D eigenvalue weighted by molar-refractivity contribution is -0.141. The van der Waals surface area contributed by atoms with Gasteiger partial charge in [-0.05, 0) is 50.5 Å². The van der Waals surface area contributed by atoms with Crippen molar-refractivity contribution in [1.29, 1.82) is 0 Å². The van der Waals surface area contributed by atoms with Crippen LogP contribution in [0.2, 0.25) is 0 Å². The average molecular weight is 496 g/mol. The van der Waals surface area contributed by atoms with Crippen molar-refractivity contribution in [3.8, 4) is 5.75 Å². The Bertz CT molecular complexity index is 1160. The summed E-state index contributed by atoms with van der Waals surface area (Å²) in [4.78, 5) is 40.6. The predicted octanol–water partition coefficient (Wildman–Crippen LogP) is 5.23. The number of benzene rings is 2. The molecule has 1 aromatic heterocycles. The van der Waals surface area contributed by atoms with E-state index in [4.69, 9.17) is 23.4 Å². The largest absolute Gasteiger partial charge is 0.514 e. The van der Waals surface area contributed by atoms with Gasteiger partial charge in [-0.15, -0.1) is 0 Å². The Hall–Kier alpha value is -4.14. The Labute approximate surface area is 209 Å². The van der Waals surface area contributed by atoms with Crippen LogP contribution in [0.25, 0.3) is 0 Å². The van der Waals surface area contributed by atoms with Gasteiger partial charge < -0.3 is 23.4 Å². The molecule has 0 amide bonds. The number of hydrogen-bond donors (Lipinski definition) is 0. The number of nitrogens with zero attached hydrogens (tertiary/aromatic N) is 1. The molecule has 0 fully saturated rings. The second-order valence-electron chi connectivity index (χ2n) is 9.02. The Balaban J connectivity index is 1.66. The first-order chi connectivity index (χ1) is 17.1. The average Bonchev–Trinajstić information content (AvgIpc) is 3.33.